The smallest absolute Gasteiger partial charge is 0.110 e. The first-order valence-electron chi connectivity index (χ1n) is 27.6. The van der Waals surface area contributed by atoms with Crippen LogP contribution >= 0.6 is 0 Å². The minimum absolute atomic E-state index is 0.396. The van der Waals surface area contributed by atoms with Gasteiger partial charge in [0.05, 0.1) is 35.9 Å². The highest BCUT2D eigenvalue weighted by Crippen LogP contribution is 2.35. The first-order chi connectivity index (χ1) is 32.2. The zero-order chi connectivity index (χ0) is 54.4. The molecule has 0 amide bonds. The molecule has 0 saturated carbocycles. The predicted octanol–water partition coefficient (Wildman–Crippen LogP) is 19.5. The predicted molar refractivity (Wildman–Crippen MR) is 304 cm³/mol. The summed E-state index contributed by atoms with van der Waals surface area (Å²) >= 11 is 0. The number of hydrogen-bond acceptors (Lipinski definition) is 5. The van der Waals surface area contributed by atoms with Gasteiger partial charge in [-0.2, -0.15) is 5.10 Å². The molecule has 0 fully saturated rings. The number of nitrogens with zero attached hydrogens (tertiary/aromatic N) is 8. The summed E-state index contributed by atoms with van der Waals surface area (Å²) in [4.78, 5) is 4.52. The first kappa shape index (κ1) is 64.1. The summed E-state index contributed by atoms with van der Waals surface area (Å²) in [5.41, 5.74) is 13.7. The zero-order valence-electron chi connectivity index (χ0n) is 51.0. The molecule has 9 nitrogen and oxygen atoms in total. The second kappa shape index (κ2) is 29.0. The molecule has 0 unspecified atom stereocenters. The van der Waals surface area contributed by atoms with Crippen molar-refractivity contribution in [2.45, 2.75) is 297 Å². The maximum absolute atomic E-state index is 5.68. The molecule has 5 aromatic rings. The van der Waals surface area contributed by atoms with Crippen LogP contribution in [-0.4, -0.2) is 38.9 Å². The molecule has 0 N–H and O–H groups in total. The summed E-state index contributed by atoms with van der Waals surface area (Å²) in [5, 5.41) is 13.0. The van der Waals surface area contributed by atoms with Crippen molar-refractivity contribution < 1.29 is 4.42 Å². The molecule has 9 heteroatoms. The highest BCUT2D eigenvalue weighted by molar-refractivity contribution is 5.35. The molecule has 0 aliphatic heterocycles. The molecule has 0 radical (unpaired) electrons. The summed E-state index contributed by atoms with van der Waals surface area (Å²) in [7, 11) is 0. The molecule has 5 aromatic heterocycles. The average molecular weight is 972 g/mol. The van der Waals surface area contributed by atoms with Crippen molar-refractivity contribution in [3.05, 3.63) is 93.2 Å². The van der Waals surface area contributed by atoms with Crippen LogP contribution in [-0.2, 0) is 0 Å². The van der Waals surface area contributed by atoms with Crippen LogP contribution in [0, 0.1) is 0 Å². The zero-order valence-corrected chi connectivity index (χ0v) is 51.0. The average Bonchev–Trinajstić information content (AvgIpc) is 4.08. The van der Waals surface area contributed by atoms with Crippen LogP contribution in [0.1, 0.15) is 359 Å². The summed E-state index contributed by atoms with van der Waals surface area (Å²) in [6.45, 7) is 66.5. The van der Waals surface area contributed by atoms with E-state index in [-0.39, 0.29) is 0 Å². The van der Waals surface area contributed by atoms with Gasteiger partial charge < -0.3 is 13.6 Å². The molecule has 0 aromatic carbocycles. The molecule has 0 saturated heterocycles. The number of aromatic nitrogens is 8. The van der Waals surface area contributed by atoms with Gasteiger partial charge in [0, 0.05) is 53.4 Å². The molecule has 5 rings (SSSR count). The Labute approximate surface area is 431 Å². The van der Waals surface area contributed by atoms with E-state index in [1.165, 1.54) is 56.5 Å². The molecule has 0 spiro atoms. The number of hydrogen-bond donors (Lipinski definition) is 0. The molecule has 0 bridgehead atoms. The van der Waals surface area contributed by atoms with Gasteiger partial charge in [-0.3, -0.25) is 4.68 Å². The molecule has 0 aliphatic rings. The van der Waals surface area contributed by atoms with Crippen LogP contribution in [0.25, 0.3) is 0 Å². The van der Waals surface area contributed by atoms with Gasteiger partial charge in [0.25, 0.3) is 0 Å². The van der Waals surface area contributed by atoms with Crippen LogP contribution in [0.15, 0.2) is 35.5 Å². The molecular weight excluding hydrogens is 861 g/mol. The minimum Gasteiger partial charge on any atom is -0.468 e. The van der Waals surface area contributed by atoms with Crippen molar-refractivity contribution in [1.29, 1.82) is 0 Å². The summed E-state index contributed by atoms with van der Waals surface area (Å²) < 4.78 is 14.6. The first-order valence-corrected chi connectivity index (χ1v) is 27.6. The largest absolute Gasteiger partial charge is 0.468 e. The maximum atomic E-state index is 5.68. The topological polar surface area (TPSA) is 84.4 Å². The van der Waals surface area contributed by atoms with E-state index in [1.54, 1.807) is 0 Å². The molecular formula is C61H110N8O. The van der Waals surface area contributed by atoms with Gasteiger partial charge in [0.1, 0.15) is 5.76 Å². The molecule has 0 aliphatic carbocycles. The van der Waals surface area contributed by atoms with Gasteiger partial charge in [-0.05, 0) is 143 Å². The summed E-state index contributed by atoms with van der Waals surface area (Å²) in [6, 6.07) is 4.21. The molecule has 5 heterocycles. The Kier molecular flexibility index (Phi) is 26.6. The van der Waals surface area contributed by atoms with Crippen molar-refractivity contribution in [3.8, 4) is 0 Å². The quantitative estimate of drug-likeness (QED) is 0.104. The van der Waals surface area contributed by atoms with E-state index in [2.05, 4.69) is 254 Å². The van der Waals surface area contributed by atoms with E-state index < -0.39 is 0 Å². The van der Waals surface area contributed by atoms with Crippen LogP contribution in [0.4, 0.5) is 0 Å². The lowest BCUT2D eigenvalue weighted by Gasteiger charge is -2.18. The summed E-state index contributed by atoms with van der Waals surface area (Å²) in [6.07, 6.45) is 8.18. The lowest BCUT2D eigenvalue weighted by Crippen LogP contribution is -2.10. The van der Waals surface area contributed by atoms with Gasteiger partial charge in [-0.1, -0.05) is 158 Å². The minimum atomic E-state index is 0.396. The lowest BCUT2D eigenvalue weighted by molar-refractivity contribution is 0.478. The third kappa shape index (κ3) is 17.4. The Morgan fingerprint density at radius 2 is 0.843 bits per heavy atom. The van der Waals surface area contributed by atoms with Crippen molar-refractivity contribution in [1.82, 2.24) is 38.9 Å². The van der Waals surface area contributed by atoms with Gasteiger partial charge >= 0.3 is 0 Å². The van der Waals surface area contributed by atoms with E-state index in [1.807, 2.05) is 23.5 Å². The Balaban J connectivity index is 0.000000437. The van der Waals surface area contributed by atoms with Crippen molar-refractivity contribution in [2.75, 3.05) is 0 Å². The Morgan fingerprint density at radius 1 is 0.386 bits per heavy atom. The van der Waals surface area contributed by atoms with E-state index in [0.29, 0.717) is 89.3 Å². The third-order valence-corrected chi connectivity index (χ3v) is 12.7. The molecule has 0 atom stereocenters. The third-order valence-electron chi connectivity index (χ3n) is 12.7. The number of imidazole rings is 1. The van der Waals surface area contributed by atoms with Crippen molar-refractivity contribution >= 4 is 0 Å². The van der Waals surface area contributed by atoms with Crippen LogP contribution in [0.3, 0.4) is 0 Å². The SMILES string of the molecule is CC(C)c1ccn(C(C)C)c1C(C)C.CC(C)c1cnn(C(C)C)c1C(C)C.CC(C)c1coc(C(C)C)c1C(C)C.CC(C)c1ncn(C(C)C)c1C(C)C.CC(C)c1nnn(C(C)C)c1C(C)C. The fraction of sp³-hybridized carbons (Fsp3) is 0.738. The second-order valence-corrected chi connectivity index (χ2v) is 24.3. The highest BCUT2D eigenvalue weighted by Gasteiger charge is 2.23. The highest BCUT2D eigenvalue weighted by atomic mass is 16.3. The van der Waals surface area contributed by atoms with Crippen LogP contribution < -0.4 is 0 Å². The fourth-order valence-electron chi connectivity index (χ4n) is 9.29. The molecule has 70 heavy (non-hydrogen) atoms. The van der Waals surface area contributed by atoms with Crippen LogP contribution in [0.5, 0.6) is 0 Å². The fourth-order valence-corrected chi connectivity index (χ4v) is 9.29. The van der Waals surface area contributed by atoms with E-state index in [9.17, 15) is 0 Å². The Hall–Kier alpha value is -3.88. The van der Waals surface area contributed by atoms with Crippen molar-refractivity contribution in [2.24, 2.45) is 0 Å². The van der Waals surface area contributed by atoms with Gasteiger partial charge in [0.15, 0.2) is 0 Å². The van der Waals surface area contributed by atoms with E-state index in [0.717, 1.165) is 5.69 Å². The molecule has 400 valence electrons. The summed E-state index contributed by atoms with van der Waals surface area (Å²) in [5.74, 6) is 7.17. The van der Waals surface area contributed by atoms with E-state index >= 15 is 0 Å². The Bertz CT molecular complexity index is 1710. The van der Waals surface area contributed by atoms with Gasteiger partial charge in [-0.15, -0.1) is 5.10 Å². The number of furan rings is 1. The second-order valence-electron chi connectivity index (χ2n) is 24.3. The standard InChI is InChI=1S/C13H23N.C13H22O.2C12H22N2.C11H21N3/c1-9(2)12-7-8-14(11(5)6)13(12)10(3)4;1-8(2)11-7-14-13(10(5)6)12(11)9(3)4;1-8(2)11-12(9(3)4)14(7-13-11)10(5)6;1-8(2)11-7-13-14(10(5)6)12(11)9(3)4;1-7(2)10-11(8(3)4)14(9(5)6)13-12-10/h7-11H,1-6H3;3*7-10H,1-6H3;7-9H,1-6H3. The van der Waals surface area contributed by atoms with Crippen LogP contribution in [0.2, 0.25) is 0 Å². The van der Waals surface area contributed by atoms with E-state index in [4.69, 9.17) is 4.42 Å². The normalized spacial score (nSPS) is 12.1. The monoisotopic (exact) mass is 971 g/mol. The van der Waals surface area contributed by atoms with Crippen molar-refractivity contribution in [3.63, 3.8) is 0 Å². The Morgan fingerprint density at radius 3 is 1.20 bits per heavy atom. The number of rotatable bonds is 15. The maximum Gasteiger partial charge on any atom is 0.110 e. The van der Waals surface area contributed by atoms with Gasteiger partial charge in [-0.25, -0.2) is 9.67 Å². The van der Waals surface area contributed by atoms with Gasteiger partial charge in [0.2, 0.25) is 0 Å². The lowest BCUT2D eigenvalue weighted by atomic mass is 9.90.